The number of amidine groups is 1. The van der Waals surface area contributed by atoms with Gasteiger partial charge in [-0.05, 0) is 25.1 Å². The van der Waals surface area contributed by atoms with Gasteiger partial charge >= 0.3 is 0 Å². The molecular formula is C12H18ClN3O2. The van der Waals surface area contributed by atoms with Crippen LogP contribution in [-0.2, 0) is 4.74 Å². The molecule has 5 nitrogen and oxygen atoms in total. The highest BCUT2D eigenvalue weighted by Crippen LogP contribution is 2.24. The summed E-state index contributed by atoms with van der Waals surface area (Å²) in [6, 6.07) is 5.32. The molecular weight excluding hydrogens is 254 g/mol. The summed E-state index contributed by atoms with van der Waals surface area (Å²) < 4.78 is 5.07. The topological polar surface area (TPSA) is 71.1 Å². The van der Waals surface area contributed by atoms with Crippen LogP contribution < -0.4 is 10.6 Å². The fraction of sp³-hybridized carbons (Fsp3) is 0.417. The third kappa shape index (κ3) is 3.51. The quantitative estimate of drug-likeness (QED) is 0.359. The van der Waals surface area contributed by atoms with Crippen LogP contribution in [0.15, 0.2) is 23.4 Å². The molecule has 0 atom stereocenters. The second-order valence-corrected chi connectivity index (χ2v) is 4.16. The Balaban J connectivity index is 3.12. The van der Waals surface area contributed by atoms with Crippen molar-refractivity contribution in [3.05, 3.63) is 28.8 Å². The fourth-order valence-corrected chi connectivity index (χ4v) is 1.87. The maximum atomic E-state index is 8.81. The van der Waals surface area contributed by atoms with Crippen molar-refractivity contribution in [3.63, 3.8) is 0 Å². The average molecular weight is 272 g/mol. The Morgan fingerprint density at radius 2 is 2.28 bits per heavy atom. The zero-order valence-corrected chi connectivity index (χ0v) is 11.3. The standard InChI is InChI=1S/C12H18ClN3O2/c1-3-16(6-7-18-2)11-5-4-9(13)8-10(11)12(14)15-17/h4-5,8,17H,3,6-7H2,1-2H3,(H2,14,15). The van der Waals surface area contributed by atoms with Gasteiger partial charge in [0.05, 0.1) is 6.61 Å². The van der Waals surface area contributed by atoms with Crippen LogP contribution in [0.2, 0.25) is 5.02 Å². The van der Waals surface area contributed by atoms with Crippen molar-refractivity contribution in [1.82, 2.24) is 0 Å². The van der Waals surface area contributed by atoms with Crippen LogP contribution in [0, 0.1) is 0 Å². The molecule has 0 unspecified atom stereocenters. The molecule has 0 aliphatic rings. The first-order valence-corrected chi connectivity index (χ1v) is 6.03. The van der Waals surface area contributed by atoms with Gasteiger partial charge in [-0.25, -0.2) is 0 Å². The van der Waals surface area contributed by atoms with Crippen molar-refractivity contribution in [2.75, 3.05) is 31.7 Å². The number of nitrogens with zero attached hydrogens (tertiary/aromatic N) is 2. The number of oxime groups is 1. The van der Waals surface area contributed by atoms with E-state index >= 15 is 0 Å². The Bertz CT molecular complexity index is 424. The molecule has 0 heterocycles. The van der Waals surface area contributed by atoms with Crippen LogP contribution in [0.1, 0.15) is 12.5 Å². The molecule has 6 heteroatoms. The monoisotopic (exact) mass is 271 g/mol. The molecule has 0 saturated heterocycles. The predicted octanol–water partition coefficient (Wildman–Crippen LogP) is 1.91. The number of hydrogen-bond acceptors (Lipinski definition) is 4. The largest absolute Gasteiger partial charge is 0.409 e. The predicted molar refractivity (Wildman–Crippen MR) is 73.7 cm³/mol. The Morgan fingerprint density at radius 3 is 2.83 bits per heavy atom. The van der Waals surface area contributed by atoms with Gasteiger partial charge in [-0.1, -0.05) is 16.8 Å². The second-order valence-electron chi connectivity index (χ2n) is 3.72. The number of rotatable bonds is 6. The smallest absolute Gasteiger partial charge is 0.172 e. The van der Waals surface area contributed by atoms with E-state index < -0.39 is 0 Å². The summed E-state index contributed by atoms with van der Waals surface area (Å²) in [5, 5.41) is 12.4. The van der Waals surface area contributed by atoms with Gasteiger partial charge in [-0.3, -0.25) is 0 Å². The molecule has 1 rings (SSSR count). The minimum Gasteiger partial charge on any atom is -0.409 e. The van der Waals surface area contributed by atoms with E-state index in [0.29, 0.717) is 17.2 Å². The Kier molecular flexibility index (Phi) is 5.74. The van der Waals surface area contributed by atoms with Gasteiger partial charge in [0, 0.05) is 36.5 Å². The summed E-state index contributed by atoms with van der Waals surface area (Å²) in [6.07, 6.45) is 0. The molecule has 0 bridgehead atoms. The third-order valence-electron chi connectivity index (χ3n) is 2.63. The zero-order valence-electron chi connectivity index (χ0n) is 10.6. The zero-order chi connectivity index (χ0) is 13.5. The van der Waals surface area contributed by atoms with Gasteiger partial charge in [0.2, 0.25) is 0 Å². The summed E-state index contributed by atoms with van der Waals surface area (Å²) in [5.74, 6) is 0.0448. The number of methoxy groups -OCH3 is 1. The highest BCUT2D eigenvalue weighted by Gasteiger charge is 2.13. The summed E-state index contributed by atoms with van der Waals surface area (Å²) in [5.41, 5.74) is 7.15. The first kappa shape index (κ1) is 14.6. The van der Waals surface area contributed by atoms with Gasteiger partial charge in [0.25, 0.3) is 0 Å². The summed E-state index contributed by atoms with van der Waals surface area (Å²) >= 11 is 5.93. The lowest BCUT2D eigenvalue weighted by atomic mass is 10.1. The number of nitrogens with two attached hydrogens (primary N) is 1. The molecule has 1 aromatic carbocycles. The molecule has 18 heavy (non-hydrogen) atoms. The summed E-state index contributed by atoms with van der Waals surface area (Å²) in [4.78, 5) is 2.08. The average Bonchev–Trinajstić information content (AvgIpc) is 2.39. The van der Waals surface area contributed by atoms with E-state index in [9.17, 15) is 0 Å². The number of hydrogen-bond donors (Lipinski definition) is 2. The Morgan fingerprint density at radius 1 is 1.56 bits per heavy atom. The SMILES string of the molecule is CCN(CCOC)c1ccc(Cl)cc1C(N)=NO. The van der Waals surface area contributed by atoms with E-state index in [1.54, 1.807) is 19.2 Å². The lowest BCUT2D eigenvalue weighted by molar-refractivity contribution is 0.205. The van der Waals surface area contributed by atoms with E-state index in [0.717, 1.165) is 18.8 Å². The van der Waals surface area contributed by atoms with Crippen molar-refractivity contribution in [3.8, 4) is 0 Å². The van der Waals surface area contributed by atoms with E-state index in [2.05, 4.69) is 10.1 Å². The minimum atomic E-state index is 0.0448. The van der Waals surface area contributed by atoms with Gasteiger partial charge in [0.1, 0.15) is 0 Å². The Hall–Kier alpha value is -1.46. The molecule has 0 spiro atoms. The normalized spacial score (nSPS) is 11.6. The van der Waals surface area contributed by atoms with Crippen LogP contribution in [0.25, 0.3) is 0 Å². The highest BCUT2D eigenvalue weighted by atomic mass is 35.5. The maximum Gasteiger partial charge on any atom is 0.172 e. The molecule has 3 N–H and O–H groups in total. The van der Waals surface area contributed by atoms with Crippen molar-refractivity contribution in [2.24, 2.45) is 10.9 Å². The van der Waals surface area contributed by atoms with Gasteiger partial charge < -0.3 is 20.6 Å². The lowest BCUT2D eigenvalue weighted by Gasteiger charge is -2.25. The number of likely N-dealkylation sites (N-methyl/N-ethyl adjacent to an activating group) is 1. The van der Waals surface area contributed by atoms with Crippen LogP contribution in [-0.4, -0.2) is 37.8 Å². The van der Waals surface area contributed by atoms with Gasteiger partial charge in [-0.15, -0.1) is 0 Å². The molecule has 0 aromatic heterocycles. The summed E-state index contributed by atoms with van der Waals surface area (Å²) in [7, 11) is 1.65. The maximum absolute atomic E-state index is 8.81. The highest BCUT2D eigenvalue weighted by molar-refractivity contribution is 6.31. The van der Waals surface area contributed by atoms with Crippen LogP contribution in [0.3, 0.4) is 0 Å². The number of halogens is 1. The van der Waals surface area contributed by atoms with Crippen molar-refractivity contribution in [2.45, 2.75) is 6.92 Å². The van der Waals surface area contributed by atoms with Crippen LogP contribution >= 0.6 is 11.6 Å². The molecule has 0 amide bonds. The molecule has 0 fully saturated rings. The van der Waals surface area contributed by atoms with E-state index in [4.69, 9.17) is 27.3 Å². The van der Waals surface area contributed by atoms with Crippen molar-refractivity contribution < 1.29 is 9.94 Å². The van der Waals surface area contributed by atoms with Crippen LogP contribution in [0.5, 0.6) is 0 Å². The number of anilines is 1. The van der Waals surface area contributed by atoms with Gasteiger partial charge in [0.15, 0.2) is 5.84 Å². The summed E-state index contributed by atoms with van der Waals surface area (Å²) in [6.45, 7) is 4.14. The van der Waals surface area contributed by atoms with E-state index in [1.807, 2.05) is 13.0 Å². The molecule has 0 aliphatic heterocycles. The third-order valence-corrected chi connectivity index (χ3v) is 2.87. The van der Waals surface area contributed by atoms with Gasteiger partial charge in [-0.2, -0.15) is 0 Å². The molecule has 1 aromatic rings. The fourth-order valence-electron chi connectivity index (χ4n) is 1.69. The number of ether oxygens (including phenoxy) is 1. The molecule has 0 saturated carbocycles. The van der Waals surface area contributed by atoms with E-state index in [1.165, 1.54) is 0 Å². The van der Waals surface area contributed by atoms with E-state index in [-0.39, 0.29) is 5.84 Å². The first-order valence-electron chi connectivity index (χ1n) is 5.65. The van der Waals surface area contributed by atoms with Crippen molar-refractivity contribution >= 4 is 23.1 Å². The Labute approximate surface area is 112 Å². The molecule has 100 valence electrons. The first-order chi connectivity index (χ1) is 8.63. The van der Waals surface area contributed by atoms with Crippen molar-refractivity contribution in [1.29, 1.82) is 0 Å². The minimum absolute atomic E-state index is 0.0448. The second kappa shape index (κ2) is 7.08. The molecule has 0 radical (unpaired) electrons. The molecule has 0 aliphatic carbocycles. The lowest BCUT2D eigenvalue weighted by Crippen LogP contribution is -2.29. The number of benzene rings is 1. The van der Waals surface area contributed by atoms with Crippen LogP contribution in [0.4, 0.5) is 5.69 Å².